The minimum Gasteiger partial charge on any atom is -0.396 e. The minimum absolute atomic E-state index is 0.259. The van der Waals surface area contributed by atoms with Gasteiger partial charge in [-0.15, -0.1) is 0 Å². The summed E-state index contributed by atoms with van der Waals surface area (Å²) in [7, 11) is 2.04. The zero-order valence-corrected chi connectivity index (χ0v) is 10.3. The Bertz CT molecular complexity index is 476. The van der Waals surface area contributed by atoms with Crippen molar-refractivity contribution in [3.63, 3.8) is 0 Å². The summed E-state index contributed by atoms with van der Waals surface area (Å²) in [6.07, 6.45) is 3.84. The summed E-state index contributed by atoms with van der Waals surface area (Å²) in [5, 5.41) is 10.0. The highest BCUT2D eigenvalue weighted by Crippen LogP contribution is 2.26. The molecule has 0 aliphatic rings. The van der Waals surface area contributed by atoms with Crippen LogP contribution in [0.25, 0.3) is 10.9 Å². The van der Waals surface area contributed by atoms with Crippen LogP contribution in [0.1, 0.15) is 12.0 Å². The molecule has 0 aliphatic carbocycles. The predicted octanol–water partition coefficient (Wildman–Crippen LogP) is 2.87. The van der Waals surface area contributed by atoms with Crippen molar-refractivity contribution >= 4 is 26.8 Å². The van der Waals surface area contributed by atoms with Crippen molar-refractivity contribution in [2.45, 2.75) is 12.8 Å². The van der Waals surface area contributed by atoms with Crippen molar-refractivity contribution in [3.8, 4) is 0 Å². The van der Waals surface area contributed by atoms with Gasteiger partial charge in [-0.05, 0) is 40.4 Å². The van der Waals surface area contributed by atoms with Gasteiger partial charge in [-0.2, -0.15) is 0 Å². The Balaban J connectivity index is 2.41. The number of aromatic nitrogens is 1. The van der Waals surface area contributed by atoms with Crippen LogP contribution in [0, 0.1) is 0 Å². The third-order valence-corrected chi connectivity index (χ3v) is 3.26. The molecular formula is C12H14BrNO. The van der Waals surface area contributed by atoms with Gasteiger partial charge in [0.1, 0.15) is 0 Å². The van der Waals surface area contributed by atoms with Crippen LogP contribution < -0.4 is 0 Å². The zero-order valence-electron chi connectivity index (χ0n) is 8.70. The van der Waals surface area contributed by atoms with Crippen LogP contribution in [0.3, 0.4) is 0 Å². The number of aliphatic hydroxyl groups excluding tert-OH is 1. The van der Waals surface area contributed by atoms with Crippen LogP contribution >= 0.6 is 15.9 Å². The molecule has 0 radical (unpaired) electrons. The number of aryl methyl sites for hydroxylation is 2. The van der Waals surface area contributed by atoms with Crippen molar-refractivity contribution in [3.05, 3.63) is 34.4 Å². The fourth-order valence-electron chi connectivity index (χ4n) is 1.82. The fourth-order valence-corrected chi connectivity index (χ4v) is 2.46. The number of hydrogen-bond donors (Lipinski definition) is 1. The van der Waals surface area contributed by atoms with Crippen molar-refractivity contribution in [2.75, 3.05) is 6.61 Å². The van der Waals surface area contributed by atoms with Crippen LogP contribution in [0.15, 0.2) is 28.9 Å². The first-order valence-electron chi connectivity index (χ1n) is 5.06. The summed E-state index contributed by atoms with van der Waals surface area (Å²) in [5.74, 6) is 0. The lowest BCUT2D eigenvalue weighted by Gasteiger charge is -2.01. The second kappa shape index (κ2) is 4.37. The number of rotatable bonds is 3. The van der Waals surface area contributed by atoms with Gasteiger partial charge < -0.3 is 9.67 Å². The first-order chi connectivity index (χ1) is 7.22. The zero-order chi connectivity index (χ0) is 10.8. The van der Waals surface area contributed by atoms with Gasteiger partial charge in [0, 0.05) is 35.2 Å². The van der Waals surface area contributed by atoms with E-state index < -0.39 is 0 Å². The van der Waals surface area contributed by atoms with Gasteiger partial charge in [0.2, 0.25) is 0 Å². The summed E-state index contributed by atoms with van der Waals surface area (Å²) >= 11 is 3.53. The molecule has 1 aromatic carbocycles. The molecular weight excluding hydrogens is 254 g/mol. The van der Waals surface area contributed by atoms with Gasteiger partial charge in [0.15, 0.2) is 0 Å². The molecule has 0 saturated carbocycles. The molecule has 0 saturated heterocycles. The van der Waals surface area contributed by atoms with E-state index in [0.29, 0.717) is 0 Å². The Morgan fingerprint density at radius 2 is 2.20 bits per heavy atom. The van der Waals surface area contributed by atoms with Crippen LogP contribution in [0.2, 0.25) is 0 Å². The summed E-state index contributed by atoms with van der Waals surface area (Å²) in [4.78, 5) is 0. The Labute approximate surface area is 97.7 Å². The van der Waals surface area contributed by atoms with E-state index in [-0.39, 0.29) is 6.61 Å². The molecule has 0 amide bonds. The van der Waals surface area contributed by atoms with E-state index in [9.17, 15) is 0 Å². The van der Waals surface area contributed by atoms with Crippen LogP contribution in [0.4, 0.5) is 0 Å². The third kappa shape index (κ3) is 2.08. The van der Waals surface area contributed by atoms with Gasteiger partial charge in [-0.1, -0.05) is 12.1 Å². The lowest BCUT2D eigenvalue weighted by molar-refractivity contribution is 0.288. The molecule has 0 aliphatic heterocycles. The largest absolute Gasteiger partial charge is 0.396 e. The maximum absolute atomic E-state index is 8.79. The molecule has 2 aromatic rings. The Hall–Kier alpha value is -0.800. The number of fused-ring (bicyclic) bond motifs is 1. The average molecular weight is 268 g/mol. The van der Waals surface area contributed by atoms with Crippen LogP contribution in [-0.2, 0) is 13.5 Å². The summed E-state index contributed by atoms with van der Waals surface area (Å²) in [6.45, 7) is 0.259. The molecule has 0 unspecified atom stereocenters. The molecule has 3 heteroatoms. The van der Waals surface area contributed by atoms with Crippen molar-refractivity contribution in [1.82, 2.24) is 4.57 Å². The van der Waals surface area contributed by atoms with E-state index in [1.165, 1.54) is 16.5 Å². The van der Waals surface area contributed by atoms with Crippen LogP contribution in [0.5, 0.6) is 0 Å². The number of halogens is 1. The van der Waals surface area contributed by atoms with Gasteiger partial charge in [0.25, 0.3) is 0 Å². The highest BCUT2D eigenvalue weighted by molar-refractivity contribution is 9.10. The molecule has 1 N–H and O–H groups in total. The lowest BCUT2D eigenvalue weighted by Crippen LogP contribution is -1.90. The average Bonchev–Trinajstić information content (AvgIpc) is 2.52. The smallest absolute Gasteiger partial charge is 0.0492 e. The molecule has 0 atom stereocenters. The molecule has 1 aromatic heterocycles. The molecule has 0 fully saturated rings. The standard InChI is InChI=1S/C12H14BrNO/c1-14-8-11(13)10-5-4-9(3-2-6-15)7-12(10)14/h4-5,7-8,15H,2-3,6H2,1H3. The maximum Gasteiger partial charge on any atom is 0.0492 e. The third-order valence-electron chi connectivity index (χ3n) is 2.63. The molecule has 0 spiro atoms. The minimum atomic E-state index is 0.259. The van der Waals surface area contributed by atoms with Crippen molar-refractivity contribution < 1.29 is 5.11 Å². The Kier molecular flexibility index (Phi) is 3.12. The topological polar surface area (TPSA) is 25.2 Å². The van der Waals surface area contributed by atoms with Crippen molar-refractivity contribution in [1.29, 1.82) is 0 Å². The maximum atomic E-state index is 8.79. The summed E-state index contributed by atoms with van der Waals surface area (Å²) in [6, 6.07) is 6.45. The summed E-state index contributed by atoms with van der Waals surface area (Å²) < 4.78 is 3.25. The van der Waals surface area contributed by atoms with E-state index in [4.69, 9.17) is 5.11 Å². The van der Waals surface area contributed by atoms with E-state index in [1.807, 2.05) is 7.05 Å². The van der Waals surface area contributed by atoms with Gasteiger partial charge >= 0.3 is 0 Å². The van der Waals surface area contributed by atoms with Crippen LogP contribution in [-0.4, -0.2) is 16.3 Å². The second-order valence-corrected chi connectivity index (χ2v) is 4.62. The fraction of sp³-hybridized carbons (Fsp3) is 0.333. The van der Waals surface area contributed by atoms with Gasteiger partial charge in [-0.25, -0.2) is 0 Å². The quantitative estimate of drug-likeness (QED) is 0.909. The molecule has 2 rings (SSSR count). The Morgan fingerprint density at radius 3 is 2.93 bits per heavy atom. The number of aliphatic hydroxyl groups is 1. The number of nitrogens with zero attached hydrogens (tertiary/aromatic N) is 1. The first kappa shape index (κ1) is 10.7. The molecule has 15 heavy (non-hydrogen) atoms. The SMILES string of the molecule is Cn1cc(Br)c2ccc(CCCO)cc21. The Morgan fingerprint density at radius 1 is 1.40 bits per heavy atom. The van der Waals surface area contributed by atoms with E-state index >= 15 is 0 Å². The molecule has 2 nitrogen and oxygen atoms in total. The first-order valence-corrected chi connectivity index (χ1v) is 5.86. The number of hydrogen-bond acceptors (Lipinski definition) is 1. The van der Waals surface area contributed by atoms with E-state index in [0.717, 1.165) is 17.3 Å². The lowest BCUT2D eigenvalue weighted by atomic mass is 10.1. The van der Waals surface area contributed by atoms with Gasteiger partial charge in [0.05, 0.1) is 0 Å². The molecule has 1 heterocycles. The van der Waals surface area contributed by atoms with E-state index in [2.05, 4.69) is 44.9 Å². The summed E-state index contributed by atoms with van der Waals surface area (Å²) in [5.41, 5.74) is 2.52. The highest BCUT2D eigenvalue weighted by Gasteiger charge is 2.04. The highest BCUT2D eigenvalue weighted by atomic mass is 79.9. The molecule has 0 bridgehead atoms. The monoisotopic (exact) mass is 267 g/mol. The predicted molar refractivity (Wildman–Crippen MR) is 66.0 cm³/mol. The normalized spacial score (nSPS) is 11.1. The molecule has 80 valence electrons. The number of benzene rings is 1. The van der Waals surface area contributed by atoms with E-state index in [1.54, 1.807) is 0 Å². The van der Waals surface area contributed by atoms with Gasteiger partial charge in [-0.3, -0.25) is 0 Å². The van der Waals surface area contributed by atoms with Crippen molar-refractivity contribution in [2.24, 2.45) is 7.05 Å². The second-order valence-electron chi connectivity index (χ2n) is 3.77.